The van der Waals surface area contributed by atoms with Crippen LogP contribution >= 0.6 is 0 Å². The predicted octanol–water partition coefficient (Wildman–Crippen LogP) is 2.64. The molecule has 1 aliphatic rings. The van der Waals surface area contributed by atoms with Crippen LogP contribution in [-0.2, 0) is 11.3 Å². The fraction of sp³-hybridized carbons (Fsp3) is 0.333. The average molecular weight is 365 g/mol. The Morgan fingerprint density at radius 3 is 2.59 bits per heavy atom. The summed E-state index contributed by atoms with van der Waals surface area (Å²) >= 11 is 0. The number of hydrogen-bond donors (Lipinski definition) is 0. The van der Waals surface area contributed by atoms with Crippen LogP contribution in [0.1, 0.15) is 12.5 Å². The third-order valence-corrected chi connectivity index (χ3v) is 5.21. The number of hydrogen-bond acceptors (Lipinski definition) is 4. The van der Waals surface area contributed by atoms with Crippen molar-refractivity contribution in [3.63, 3.8) is 0 Å². The zero-order valence-electron chi connectivity index (χ0n) is 15.6. The van der Waals surface area contributed by atoms with Gasteiger partial charge in [-0.2, -0.15) is 0 Å². The van der Waals surface area contributed by atoms with Gasteiger partial charge in [0.2, 0.25) is 5.91 Å². The molecular formula is C21H23N3O3. The van der Waals surface area contributed by atoms with E-state index >= 15 is 0 Å². The van der Waals surface area contributed by atoms with E-state index in [0.717, 1.165) is 6.54 Å². The van der Waals surface area contributed by atoms with Crippen LogP contribution in [0.4, 0.5) is 5.69 Å². The zero-order chi connectivity index (χ0) is 19.0. The number of aryl methyl sites for hydroxylation is 1. The van der Waals surface area contributed by atoms with E-state index in [-0.39, 0.29) is 18.5 Å². The maximum absolute atomic E-state index is 12.8. The van der Waals surface area contributed by atoms with Gasteiger partial charge in [0.25, 0.3) is 0 Å². The van der Waals surface area contributed by atoms with Crippen molar-refractivity contribution < 1.29 is 9.21 Å². The van der Waals surface area contributed by atoms with Crippen molar-refractivity contribution in [2.45, 2.75) is 26.4 Å². The molecule has 1 aromatic heterocycles. The van der Waals surface area contributed by atoms with Gasteiger partial charge in [-0.15, -0.1) is 0 Å². The molecule has 27 heavy (non-hydrogen) atoms. The number of amides is 1. The van der Waals surface area contributed by atoms with E-state index in [1.165, 1.54) is 15.8 Å². The van der Waals surface area contributed by atoms with E-state index in [0.29, 0.717) is 24.2 Å². The number of carbonyl (C=O) groups is 1. The first-order chi connectivity index (χ1) is 13.0. The summed E-state index contributed by atoms with van der Waals surface area (Å²) in [6.45, 7) is 6.26. The van der Waals surface area contributed by atoms with Gasteiger partial charge >= 0.3 is 5.76 Å². The van der Waals surface area contributed by atoms with Gasteiger partial charge in [-0.3, -0.25) is 9.36 Å². The Morgan fingerprint density at radius 2 is 1.85 bits per heavy atom. The molecule has 0 aliphatic carbocycles. The molecule has 1 amide bonds. The predicted molar refractivity (Wildman–Crippen MR) is 105 cm³/mol. The minimum atomic E-state index is -0.490. The summed E-state index contributed by atoms with van der Waals surface area (Å²) in [5, 5.41) is 0. The molecule has 0 radical (unpaired) electrons. The van der Waals surface area contributed by atoms with Crippen LogP contribution < -0.4 is 10.7 Å². The lowest BCUT2D eigenvalue weighted by molar-refractivity contribution is -0.132. The standard InChI is InChI=1S/C21H23N3O3/c1-15-7-9-17(10-8-15)23-12-11-22(13-16(23)2)20(25)14-24-18-5-3-4-6-19(18)27-21(24)26/h3-10,16H,11-14H2,1-2H3. The van der Waals surface area contributed by atoms with Crippen molar-refractivity contribution in [1.82, 2.24) is 9.47 Å². The molecule has 1 aliphatic heterocycles. The van der Waals surface area contributed by atoms with Crippen molar-refractivity contribution in [2.75, 3.05) is 24.5 Å². The molecule has 1 atom stereocenters. The summed E-state index contributed by atoms with van der Waals surface area (Å²) in [5.41, 5.74) is 3.57. The molecule has 0 spiro atoms. The van der Waals surface area contributed by atoms with Crippen molar-refractivity contribution in [2.24, 2.45) is 0 Å². The lowest BCUT2D eigenvalue weighted by Crippen LogP contribution is -2.54. The highest BCUT2D eigenvalue weighted by Gasteiger charge is 2.27. The Kier molecular flexibility index (Phi) is 4.48. The summed E-state index contributed by atoms with van der Waals surface area (Å²) in [4.78, 5) is 29.1. The van der Waals surface area contributed by atoms with Crippen molar-refractivity contribution in [3.05, 3.63) is 64.6 Å². The molecule has 1 fully saturated rings. The number of oxazole rings is 1. The largest absolute Gasteiger partial charge is 0.420 e. The molecule has 0 bridgehead atoms. The number of aromatic nitrogens is 1. The van der Waals surface area contributed by atoms with Crippen LogP contribution in [0.2, 0.25) is 0 Å². The number of piperazine rings is 1. The molecule has 1 saturated heterocycles. The average Bonchev–Trinajstić information content (AvgIpc) is 2.98. The molecule has 2 aromatic carbocycles. The van der Waals surface area contributed by atoms with Crippen LogP contribution in [0.25, 0.3) is 11.1 Å². The number of anilines is 1. The molecule has 140 valence electrons. The third kappa shape index (κ3) is 3.35. The normalized spacial score (nSPS) is 17.5. The smallest absolute Gasteiger partial charge is 0.408 e. The minimum Gasteiger partial charge on any atom is -0.408 e. The van der Waals surface area contributed by atoms with Crippen molar-refractivity contribution in [1.29, 1.82) is 0 Å². The van der Waals surface area contributed by atoms with E-state index in [4.69, 9.17) is 4.42 Å². The number of rotatable bonds is 3. The lowest BCUT2D eigenvalue weighted by atomic mass is 10.1. The molecular weight excluding hydrogens is 342 g/mol. The number of benzene rings is 2. The SMILES string of the molecule is Cc1ccc(N2CCN(C(=O)Cn3c(=O)oc4ccccc43)CC2C)cc1. The second kappa shape index (κ2) is 6.95. The fourth-order valence-electron chi connectivity index (χ4n) is 3.70. The van der Waals surface area contributed by atoms with Gasteiger partial charge in [0.15, 0.2) is 5.58 Å². The molecule has 0 saturated carbocycles. The third-order valence-electron chi connectivity index (χ3n) is 5.21. The highest BCUT2D eigenvalue weighted by Crippen LogP contribution is 2.21. The van der Waals surface area contributed by atoms with Gasteiger partial charge in [-0.1, -0.05) is 29.8 Å². The van der Waals surface area contributed by atoms with Crippen LogP contribution in [0.3, 0.4) is 0 Å². The first-order valence-corrected chi connectivity index (χ1v) is 9.22. The quantitative estimate of drug-likeness (QED) is 0.716. The van der Waals surface area contributed by atoms with Crippen LogP contribution in [0.5, 0.6) is 0 Å². The van der Waals surface area contributed by atoms with E-state index in [1.54, 1.807) is 12.1 Å². The first kappa shape index (κ1) is 17.4. The Labute approximate surface area is 157 Å². The van der Waals surface area contributed by atoms with Crippen LogP contribution in [0.15, 0.2) is 57.7 Å². The summed E-state index contributed by atoms with van der Waals surface area (Å²) in [6, 6.07) is 15.9. The number of carbonyl (C=O) groups excluding carboxylic acids is 1. The highest BCUT2D eigenvalue weighted by atomic mass is 16.4. The molecule has 3 aromatic rings. The van der Waals surface area contributed by atoms with Crippen molar-refractivity contribution in [3.8, 4) is 0 Å². The van der Waals surface area contributed by atoms with Crippen LogP contribution in [-0.4, -0.2) is 41.1 Å². The molecule has 4 rings (SSSR count). The summed E-state index contributed by atoms with van der Waals surface area (Å²) in [6.07, 6.45) is 0. The molecule has 6 nitrogen and oxygen atoms in total. The number of nitrogens with zero attached hydrogens (tertiary/aromatic N) is 3. The van der Waals surface area contributed by atoms with Gasteiger partial charge in [-0.25, -0.2) is 4.79 Å². The highest BCUT2D eigenvalue weighted by molar-refractivity contribution is 5.80. The first-order valence-electron chi connectivity index (χ1n) is 9.22. The monoisotopic (exact) mass is 365 g/mol. The second-order valence-corrected chi connectivity index (χ2v) is 7.14. The van der Waals surface area contributed by atoms with Gasteiger partial charge in [0, 0.05) is 31.4 Å². The zero-order valence-corrected chi connectivity index (χ0v) is 15.6. The topological polar surface area (TPSA) is 58.7 Å². The van der Waals surface area contributed by atoms with Gasteiger partial charge < -0.3 is 14.2 Å². The van der Waals surface area contributed by atoms with Gasteiger partial charge in [0.05, 0.1) is 5.52 Å². The summed E-state index contributed by atoms with van der Waals surface area (Å²) in [5.74, 6) is -0.546. The summed E-state index contributed by atoms with van der Waals surface area (Å²) in [7, 11) is 0. The maximum atomic E-state index is 12.8. The van der Waals surface area contributed by atoms with E-state index in [1.807, 2.05) is 17.0 Å². The van der Waals surface area contributed by atoms with Gasteiger partial charge in [0.1, 0.15) is 6.54 Å². The molecule has 6 heteroatoms. The van der Waals surface area contributed by atoms with E-state index in [9.17, 15) is 9.59 Å². The van der Waals surface area contributed by atoms with Gasteiger partial charge in [-0.05, 0) is 38.1 Å². The van der Waals surface area contributed by atoms with E-state index < -0.39 is 5.76 Å². The fourth-order valence-corrected chi connectivity index (χ4v) is 3.70. The Balaban J connectivity index is 1.47. The number of fused-ring (bicyclic) bond motifs is 1. The Hall–Kier alpha value is -3.02. The second-order valence-electron chi connectivity index (χ2n) is 7.14. The molecule has 2 heterocycles. The Morgan fingerprint density at radius 1 is 1.11 bits per heavy atom. The molecule has 1 unspecified atom stereocenters. The summed E-state index contributed by atoms with van der Waals surface area (Å²) < 4.78 is 6.63. The lowest BCUT2D eigenvalue weighted by Gasteiger charge is -2.41. The Bertz CT molecular complexity index is 1020. The maximum Gasteiger partial charge on any atom is 0.420 e. The van der Waals surface area contributed by atoms with Crippen LogP contribution in [0, 0.1) is 6.92 Å². The van der Waals surface area contributed by atoms with Crippen molar-refractivity contribution >= 4 is 22.7 Å². The van der Waals surface area contributed by atoms with E-state index in [2.05, 4.69) is 43.0 Å². The number of para-hydroxylation sites is 2. The molecule has 0 N–H and O–H groups in total. The minimum absolute atomic E-state index is 0.00704.